The predicted molar refractivity (Wildman–Crippen MR) is 140 cm³/mol. The van der Waals surface area contributed by atoms with Crippen LogP contribution in [0, 0.1) is 17.7 Å². The topological polar surface area (TPSA) is 98.7 Å². The Hall–Kier alpha value is -2.81. The van der Waals surface area contributed by atoms with E-state index in [9.17, 15) is 19.5 Å². The average Bonchev–Trinajstić information content (AvgIpc) is 3.28. The summed E-state index contributed by atoms with van der Waals surface area (Å²) in [6.45, 7) is 5.30. The van der Waals surface area contributed by atoms with Crippen LogP contribution in [-0.4, -0.2) is 57.1 Å². The summed E-state index contributed by atoms with van der Waals surface area (Å²) in [6, 6.07) is 12.9. The summed E-state index contributed by atoms with van der Waals surface area (Å²) in [5.74, 6) is 0.389. The molecular formula is C29H38FN3O4. The van der Waals surface area contributed by atoms with E-state index in [1.807, 2.05) is 30.3 Å². The molecule has 1 aliphatic rings. The van der Waals surface area contributed by atoms with Crippen molar-refractivity contribution in [2.45, 2.75) is 64.4 Å². The van der Waals surface area contributed by atoms with E-state index in [4.69, 9.17) is 4.74 Å². The van der Waals surface area contributed by atoms with Crippen LogP contribution in [0.3, 0.4) is 0 Å². The minimum atomic E-state index is -1.02. The number of benzene rings is 2. The Kier molecular flexibility index (Phi) is 9.29. The van der Waals surface area contributed by atoms with E-state index < -0.39 is 12.1 Å². The largest absolute Gasteiger partial charge is 0.479 e. The van der Waals surface area contributed by atoms with Crippen LogP contribution >= 0.6 is 0 Å². The summed E-state index contributed by atoms with van der Waals surface area (Å²) >= 11 is 0. The number of hydrogen-bond acceptors (Lipinski definition) is 5. The Morgan fingerprint density at radius 1 is 1.22 bits per heavy atom. The fraction of sp³-hybridized carbons (Fsp3) is 0.517. The number of para-hydroxylation sites is 2. The highest BCUT2D eigenvalue weighted by Gasteiger charge is 2.33. The number of rotatable bonds is 13. The number of carbonyl (C=O) groups is 1. The van der Waals surface area contributed by atoms with Crippen LogP contribution in [0.1, 0.15) is 62.4 Å². The van der Waals surface area contributed by atoms with E-state index in [2.05, 4.69) is 23.8 Å². The van der Waals surface area contributed by atoms with Crippen LogP contribution in [0.2, 0.25) is 0 Å². The van der Waals surface area contributed by atoms with Gasteiger partial charge in [-0.15, -0.1) is 0 Å². The number of carboxylic acids is 1. The van der Waals surface area contributed by atoms with Crippen molar-refractivity contribution < 1.29 is 24.2 Å². The van der Waals surface area contributed by atoms with E-state index in [1.54, 1.807) is 6.07 Å². The van der Waals surface area contributed by atoms with E-state index >= 15 is 0 Å². The van der Waals surface area contributed by atoms with Gasteiger partial charge in [-0.3, -0.25) is 0 Å². The molecule has 3 N–H and O–H groups in total. The number of halogens is 1. The third-order valence-corrected chi connectivity index (χ3v) is 7.43. The van der Waals surface area contributed by atoms with E-state index in [1.165, 1.54) is 11.1 Å². The maximum absolute atomic E-state index is 13.7. The first-order valence-electron chi connectivity index (χ1n) is 13.3. The molecule has 3 atom stereocenters. The van der Waals surface area contributed by atoms with Crippen LogP contribution in [0.25, 0.3) is 11.0 Å². The van der Waals surface area contributed by atoms with Crippen molar-refractivity contribution in [3.63, 3.8) is 0 Å². The van der Waals surface area contributed by atoms with Gasteiger partial charge in [-0.25, -0.2) is 14.2 Å². The van der Waals surface area contributed by atoms with Gasteiger partial charge < -0.3 is 20.0 Å². The van der Waals surface area contributed by atoms with Crippen molar-refractivity contribution in [3.8, 4) is 0 Å². The molecule has 0 spiro atoms. The molecule has 1 heterocycles. The Balaban J connectivity index is 1.21. The van der Waals surface area contributed by atoms with Gasteiger partial charge in [0.2, 0.25) is 0 Å². The second-order valence-corrected chi connectivity index (χ2v) is 10.5. The number of imidazole rings is 1. The van der Waals surface area contributed by atoms with Crippen molar-refractivity contribution in [2.24, 2.45) is 11.8 Å². The Morgan fingerprint density at radius 2 is 2.03 bits per heavy atom. The lowest BCUT2D eigenvalue weighted by atomic mass is 9.70. The zero-order chi connectivity index (χ0) is 26.4. The van der Waals surface area contributed by atoms with Gasteiger partial charge in [0.25, 0.3) is 0 Å². The number of H-pyrrole nitrogens is 1. The second kappa shape index (κ2) is 12.6. The zero-order valence-electron chi connectivity index (χ0n) is 21.7. The second-order valence-electron chi connectivity index (χ2n) is 10.5. The number of carboxylic acid groups (broad SMARTS) is 1. The van der Waals surface area contributed by atoms with Crippen molar-refractivity contribution in [3.05, 3.63) is 65.2 Å². The van der Waals surface area contributed by atoms with Crippen LogP contribution in [0.4, 0.5) is 4.39 Å². The fourth-order valence-electron chi connectivity index (χ4n) is 5.59. The number of aliphatic carboxylic acids is 1. The van der Waals surface area contributed by atoms with E-state index in [0.29, 0.717) is 19.1 Å². The molecule has 4 rings (SSSR count). The Bertz CT molecular complexity index is 1150. The number of hydroxylamine groups is 2. The third-order valence-electron chi connectivity index (χ3n) is 7.43. The monoisotopic (exact) mass is 511 g/mol. The molecule has 200 valence electrons. The molecule has 0 aliphatic heterocycles. The van der Waals surface area contributed by atoms with Gasteiger partial charge >= 0.3 is 5.97 Å². The molecule has 3 aromatic rings. The van der Waals surface area contributed by atoms with Gasteiger partial charge in [0.1, 0.15) is 11.6 Å². The van der Waals surface area contributed by atoms with Gasteiger partial charge in [0.05, 0.1) is 17.6 Å². The number of aromatic amines is 1. The quantitative estimate of drug-likeness (QED) is 0.205. The summed E-state index contributed by atoms with van der Waals surface area (Å²) < 4.78 is 19.6. The SMILES string of the molecule is CC(C)[C@@H]1c2ccc(F)cc2CCC1CO[C@@H](CCN(O)CCCCc1nc2ccccc2[nH]1)C(=O)O. The molecule has 0 amide bonds. The normalized spacial score (nSPS) is 18.4. The lowest BCUT2D eigenvalue weighted by Crippen LogP contribution is -2.34. The van der Waals surface area contributed by atoms with Crippen molar-refractivity contribution in [1.29, 1.82) is 0 Å². The van der Waals surface area contributed by atoms with Gasteiger partial charge in [-0.1, -0.05) is 32.0 Å². The number of nitrogens with zero attached hydrogens (tertiary/aromatic N) is 2. The number of nitrogens with one attached hydrogen (secondary N) is 1. The smallest absolute Gasteiger partial charge is 0.332 e. The summed E-state index contributed by atoms with van der Waals surface area (Å²) in [4.78, 5) is 19.7. The van der Waals surface area contributed by atoms with Crippen LogP contribution in [0.15, 0.2) is 42.5 Å². The highest BCUT2D eigenvalue weighted by Crippen LogP contribution is 2.41. The average molecular weight is 512 g/mol. The van der Waals surface area contributed by atoms with Gasteiger partial charge in [-0.05, 0) is 85.3 Å². The molecule has 0 saturated carbocycles. The maximum Gasteiger partial charge on any atom is 0.332 e. The van der Waals surface area contributed by atoms with Crippen LogP contribution < -0.4 is 0 Å². The number of unbranched alkanes of at least 4 members (excludes halogenated alkanes) is 1. The number of aryl methyl sites for hydroxylation is 2. The third kappa shape index (κ3) is 7.15. The van der Waals surface area contributed by atoms with Crippen molar-refractivity contribution >= 4 is 17.0 Å². The highest BCUT2D eigenvalue weighted by molar-refractivity contribution is 5.74. The summed E-state index contributed by atoms with van der Waals surface area (Å²) in [6.07, 6.45) is 3.24. The summed E-state index contributed by atoms with van der Waals surface area (Å²) in [5, 5.41) is 21.2. The first-order valence-corrected chi connectivity index (χ1v) is 13.3. The van der Waals surface area contributed by atoms with Gasteiger partial charge in [0, 0.05) is 19.5 Å². The van der Waals surface area contributed by atoms with Crippen LogP contribution in [0.5, 0.6) is 0 Å². The van der Waals surface area contributed by atoms with Gasteiger partial charge in [0.15, 0.2) is 6.10 Å². The molecule has 1 unspecified atom stereocenters. The number of fused-ring (bicyclic) bond motifs is 2. The number of aromatic nitrogens is 2. The Morgan fingerprint density at radius 3 is 2.78 bits per heavy atom. The molecule has 0 fully saturated rings. The van der Waals surface area contributed by atoms with Crippen molar-refractivity contribution in [1.82, 2.24) is 15.0 Å². The van der Waals surface area contributed by atoms with Crippen molar-refractivity contribution in [2.75, 3.05) is 19.7 Å². The minimum Gasteiger partial charge on any atom is -0.479 e. The molecule has 37 heavy (non-hydrogen) atoms. The highest BCUT2D eigenvalue weighted by atomic mass is 19.1. The lowest BCUT2D eigenvalue weighted by Gasteiger charge is -2.36. The zero-order valence-corrected chi connectivity index (χ0v) is 21.7. The predicted octanol–water partition coefficient (Wildman–Crippen LogP) is 5.58. The molecule has 8 heteroatoms. The first-order chi connectivity index (χ1) is 17.8. The molecule has 1 aliphatic carbocycles. The minimum absolute atomic E-state index is 0.170. The van der Waals surface area contributed by atoms with Crippen LogP contribution in [-0.2, 0) is 22.4 Å². The first kappa shape index (κ1) is 27.2. The molecule has 0 radical (unpaired) electrons. The molecule has 7 nitrogen and oxygen atoms in total. The molecular weight excluding hydrogens is 473 g/mol. The Labute approximate surface area is 217 Å². The van der Waals surface area contributed by atoms with E-state index in [-0.39, 0.29) is 30.6 Å². The summed E-state index contributed by atoms with van der Waals surface area (Å²) in [7, 11) is 0. The lowest BCUT2D eigenvalue weighted by molar-refractivity contribution is -0.155. The standard InChI is InChI=1S/C29H38FN3O4/c1-19(2)28-21(11-10-20-17-22(30)12-13-23(20)28)18-37-26(29(34)35)14-16-33(36)15-6-5-9-27-31-24-7-3-4-8-25(24)32-27/h3-4,7-8,12-13,17,19,21,26,28,36H,5-6,9-11,14-16,18H2,1-2H3,(H,31,32)(H,34,35)/t21?,26-,28-/m0/s1. The summed E-state index contributed by atoms with van der Waals surface area (Å²) in [5.41, 5.74) is 4.16. The molecule has 2 aromatic carbocycles. The van der Waals surface area contributed by atoms with Gasteiger partial charge in [-0.2, -0.15) is 5.06 Å². The maximum atomic E-state index is 13.7. The number of hydrogen-bond donors (Lipinski definition) is 3. The molecule has 0 saturated heterocycles. The number of ether oxygens (including phenoxy) is 1. The fourth-order valence-corrected chi connectivity index (χ4v) is 5.59. The van der Waals surface area contributed by atoms with E-state index in [0.717, 1.165) is 60.1 Å². The molecule has 1 aromatic heterocycles. The molecule has 0 bridgehead atoms.